The van der Waals surface area contributed by atoms with E-state index in [1.807, 2.05) is 0 Å². The Morgan fingerprint density at radius 3 is 2.27 bits per heavy atom. The van der Waals surface area contributed by atoms with Crippen LogP contribution in [0.15, 0.2) is 53.4 Å². The number of nitrogens with one attached hydrogen (secondary N) is 3. The fourth-order valence-electron chi connectivity index (χ4n) is 2.36. The fourth-order valence-corrected chi connectivity index (χ4v) is 3.14. The molecule has 0 heterocycles. The lowest BCUT2D eigenvalue weighted by Gasteiger charge is -2.09. The summed E-state index contributed by atoms with van der Waals surface area (Å²) in [5.41, 5.74) is 1.12. The molecule has 7 nitrogen and oxygen atoms in total. The van der Waals surface area contributed by atoms with Crippen molar-refractivity contribution in [2.24, 2.45) is 0 Å². The van der Waals surface area contributed by atoms with Crippen molar-refractivity contribution in [3.63, 3.8) is 0 Å². The summed E-state index contributed by atoms with van der Waals surface area (Å²) < 4.78 is 25.9. The second kappa shape index (κ2) is 7.27. The lowest BCUT2D eigenvalue weighted by molar-refractivity contribution is 0.0949. The van der Waals surface area contributed by atoms with Gasteiger partial charge in [-0.05, 0) is 56.3 Å². The van der Waals surface area contributed by atoms with Gasteiger partial charge in [-0.1, -0.05) is 12.1 Å². The molecule has 1 saturated carbocycles. The Bertz CT molecular complexity index is 952. The summed E-state index contributed by atoms with van der Waals surface area (Å²) in [7, 11) is -2.33. The van der Waals surface area contributed by atoms with Crippen molar-refractivity contribution < 1.29 is 18.0 Å². The first kappa shape index (κ1) is 18.1. The van der Waals surface area contributed by atoms with Crippen LogP contribution < -0.4 is 15.4 Å². The quantitative estimate of drug-likeness (QED) is 0.717. The monoisotopic (exact) mass is 373 g/mol. The van der Waals surface area contributed by atoms with Gasteiger partial charge in [-0.2, -0.15) is 0 Å². The molecule has 0 aromatic heterocycles. The van der Waals surface area contributed by atoms with Gasteiger partial charge in [0.1, 0.15) is 0 Å². The Kier molecular flexibility index (Phi) is 5.06. The molecule has 1 fully saturated rings. The third kappa shape index (κ3) is 4.27. The number of sulfonamides is 1. The second-order valence-corrected chi connectivity index (χ2v) is 7.90. The number of carbonyl (C=O) groups is 2. The standard InChI is InChI=1S/C18H19N3O4S/c1-19-26(24,25)16-7-3-5-13(11-16)18(23)21-15-6-2-4-12(10-15)17(22)20-14-8-9-14/h2-7,10-11,14,19H,8-9H2,1H3,(H,20,22)(H,21,23). The van der Waals surface area contributed by atoms with Crippen molar-refractivity contribution in [2.75, 3.05) is 12.4 Å². The first-order valence-corrected chi connectivity index (χ1v) is 9.63. The van der Waals surface area contributed by atoms with Crippen LogP contribution in [0.4, 0.5) is 5.69 Å². The molecule has 2 aromatic carbocycles. The van der Waals surface area contributed by atoms with E-state index in [0.29, 0.717) is 11.3 Å². The Labute approximate surface area is 151 Å². The van der Waals surface area contributed by atoms with Crippen LogP contribution in [-0.4, -0.2) is 33.3 Å². The van der Waals surface area contributed by atoms with Crippen LogP contribution in [-0.2, 0) is 10.0 Å². The highest BCUT2D eigenvalue weighted by molar-refractivity contribution is 7.89. The number of carbonyl (C=O) groups excluding carboxylic acids is 2. The van der Waals surface area contributed by atoms with Crippen LogP contribution in [0, 0.1) is 0 Å². The fraction of sp³-hybridized carbons (Fsp3) is 0.222. The summed E-state index contributed by atoms with van der Waals surface area (Å²) in [6, 6.07) is 12.6. The molecule has 0 radical (unpaired) electrons. The zero-order valence-electron chi connectivity index (χ0n) is 14.2. The van der Waals surface area contributed by atoms with Crippen LogP contribution in [0.1, 0.15) is 33.6 Å². The van der Waals surface area contributed by atoms with Crippen LogP contribution in [0.3, 0.4) is 0 Å². The molecule has 0 saturated heterocycles. The molecule has 0 unspecified atom stereocenters. The summed E-state index contributed by atoms with van der Waals surface area (Å²) in [6.07, 6.45) is 1.99. The molecule has 1 aliphatic rings. The normalized spacial score (nSPS) is 13.9. The summed E-state index contributed by atoms with van der Waals surface area (Å²) >= 11 is 0. The number of hydrogen-bond acceptors (Lipinski definition) is 4. The third-order valence-electron chi connectivity index (χ3n) is 3.97. The summed E-state index contributed by atoms with van der Waals surface area (Å²) in [4.78, 5) is 24.5. The van der Waals surface area contributed by atoms with E-state index in [0.717, 1.165) is 12.8 Å². The number of hydrogen-bond donors (Lipinski definition) is 3. The van der Waals surface area contributed by atoms with E-state index >= 15 is 0 Å². The molecule has 8 heteroatoms. The lowest BCUT2D eigenvalue weighted by Crippen LogP contribution is -2.25. The molecular weight excluding hydrogens is 354 g/mol. The van der Waals surface area contributed by atoms with Crippen LogP contribution in [0.5, 0.6) is 0 Å². The molecule has 26 heavy (non-hydrogen) atoms. The average molecular weight is 373 g/mol. The minimum Gasteiger partial charge on any atom is -0.349 e. The van der Waals surface area contributed by atoms with Gasteiger partial charge < -0.3 is 10.6 Å². The second-order valence-electron chi connectivity index (χ2n) is 6.02. The highest BCUT2D eigenvalue weighted by atomic mass is 32.2. The van der Waals surface area contributed by atoms with Gasteiger partial charge in [-0.25, -0.2) is 13.1 Å². The number of amides is 2. The Balaban J connectivity index is 1.76. The van der Waals surface area contributed by atoms with Gasteiger partial charge in [0, 0.05) is 22.9 Å². The predicted molar refractivity (Wildman–Crippen MR) is 97.6 cm³/mol. The van der Waals surface area contributed by atoms with Gasteiger partial charge >= 0.3 is 0 Å². The maximum Gasteiger partial charge on any atom is 0.255 e. The largest absolute Gasteiger partial charge is 0.349 e. The van der Waals surface area contributed by atoms with Crippen LogP contribution >= 0.6 is 0 Å². The first-order valence-electron chi connectivity index (χ1n) is 8.15. The number of rotatable bonds is 6. The van der Waals surface area contributed by atoms with Crippen molar-refractivity contribution in [1.29, 1.82) is 0 Å². The molecule has 1 aliphatic carbocycles. The summed E-state index contributed by atoms with van der Waals surface area (Å²) in [5.74, 6) is -0.636. The maximum absolute atomic E-state index is 12.4. The first-order chi connectivity index (χ1) is 12.4. The van der Waals surface area contributed by atoms with E-state index in [4.69, 9.17) is 0 Å². The molecule has 136 valence electrons. The van der Waals surface area contributed by atoms with E-state index < -0.39 is 15.9 Å². The van der Waals surface area contributed by atoms with Crippen molar-refractivity contribution in [1.82, 2.24) is 10.0 Å². The topological polar surface area (TPSA) is 104 Å². The third-order valence-corrected chi connectivity index (χ3v) is 5.38. The molecule has 2 aromatic rings. The predicted octanol–water partition coefficient (Wildman–Crippen LogP) is 1.74. The molecule has 0 bridgehead atoms. The van der Waals surface area contributed by atoms with E-state index in [2.05, 4.69) is 15.4 Å². The molecule has 0 spiro atoms. The zero-order chi connectivity index (χ0) is 18.7. The number of benzene rings is 2. The van der Waals surface area contributed by atoms with Gasteiger partial charge in [0.2, 0.25) is 10.0 Å². The Hall–Kier alpha value is -2.71. The van der Waals surface area contributed by atoms with E-state index in [-0.39, 0.29) is 22.4 Å². The summed E-state index contributed by atoms with van der Waals surface area (Å²) in [5, 5.41) is 5.57. The maximum atomic E-state index is 12.4. The van der Waals surface area contributed by atoms with Gasteiger partial charge in [-0.15, -0.1) is 0 Å². The molecule has 2 amide bonds. The molecule has 0 atom stereocenters. The SMILES string of the molecule is CNS(=O)(=O)c1cccc(C(=O)Nc2cccc(C(=O)NC3CC3)c2)c1. The van der Waals surface area contributed by atoms with E-state index in [9.17, 15) is 18.0 Å². The molecular formula is C18H19N3O4S. The Morgan fingerprint density at radius 1 is 0.962 bits per heavy atom. The van der Waals surface area contributed by atoms with Crippen LogP contribution in [0.25, 0.3) is 0 Å². The lowest BCUT2D eigenvalue weighted by atomic mass is 10.1. The minimum atomic E-state index is -3.63. The average Bonchev–Trinajstić information content (AvgIpc) is 3.46. The zero-order valence-corrected chi connectivity index (χ0v) is 15.0. The van der Waals surface area contributed by atoms with E-state index in [1.54, 1.807) is 24.3 Å². The van der Waals surface area contributed by atoms with Gasteiger partial charge in [0.15, 0.2) is 0 Å². The van der Waals surface area contributed by atoms with Crippen molar-refractivity contribution in [3.05, 3.63) is 59.7 Å². The molecule has 3 N–H and O–H groups in total. The smallest absolute Gasteiger partial charge is 0.255 e. The van der Waals surface area contributed by atoms with Crippen LogP contribution in [0.2, 0.25) is 0 Å². The number of anilines is 1. The Morgan fingerprint density at radius 2 is 1.62 bits per heavy atom. The van der Waals surface area contributed by atoms with Crippen molar-refractivity contribution >= 4 is 27.5 Å². The van der Waals surface area contributed by atoms with E-state index in [1.165, 1.54) is 31.3 Å². The van der Waals surface area contributed by atoms with Gasteiger partial charge in [-0.3, -0.25) is 9.59 Å². The molecule has 0 aliphatic heterocycles. The van der Waals surface area contributed by atoms with Crippen molar-refractivity contribution in [2.45, 2.75) is 23.8 Å². The summed E-state index contributed by atoms with van der Waals surface area (Å²) in [6.45, 7) is 0. The highest BCUT2D eigenvalue weighted by Crippen LogP contribution is 2.20. The molecule has 3 rings (SSSR count). The van der Waals surface area contributed by atoms with Crippen molar-refractivity contribution in [3.8, 4) is 0 Å². The minimum absolute atomic E-state index is 0.00483. The van der Waals surface area contributed by atoms with Gasteiger partial charge in [0.25, 0.3) is 11.8 Å². The van der Waals surface area contributed by atoms with Gasteiger partial charge in [0.05, 0.1) is 4.90 Å². The highest BCUT2D eigenvalue weighted by Gasteiger charge is 2.23.